The molecule has 1 aliphatic carbocycles. The maximum absolute atomic E-state index is 12.6. The van der Waals surface area contributed by atoms with Crippen molar-refractivity contribution < 1.29 is 18.3 Å². The van der Waals surface area contributed by atoms with E-state index in [9.17, 15) is 18.3 Å². The predicted octanol–water partition coefficient (Wildman–Crippen LogP) is 2.08. The van der Waals surface area contributed by atoms with Crippen molar-refractivity contribution in [2.45, 2.75) is 43.9 Å². The van der Waals surface area contributed by atoms with Crippen molar-refractivity contribution in [2.24, 2.45) is 5.92 Å². The van der Waals surface area contributed by atoms with Gasteiger partial charge in [-0.3, -0.25) is 0 Å². The van der Waals surface area contributed by atoms with Crippen LogP contribution in [0.25, 0.3) is 0 Å². The van der Waals surface area contributed by atoms with Gasteiger partial charge in [0.1, 0.15) is 0 Å². The lowest BCUT2D eigenvalue weighted by molar-refractivity contribution is -0.273. The van der Waals surface area contributed by atoms with Gasteiger partial charge in [0.15, 0.2) is 5.60 Å². The molecule has 90 valence electrons. The van der Waals surface area contributed by atoms with E-state index in [-0.39, 0.29) is 6.42 Å². The van der Waals surface area contributed by atoms with Gasteiger partial charge in [-0.2, -0.15) is 13.2 Å². The molecule has 1 fully saturated rings. The van der Waals surface area contributed by atoms with E-state index < -0.39 is 17.7 Å². The van der Waals surface area contributed by atoms with E-state index in [0.717, 1.165) is 0 Å². The van der Waals surface area contributed by atoms with Gasteiger partial charge in [-0.1, -0.05) is 0 Å². The van der Waals surface area contributed by atoms with Gasteiger partial charge in [0.25, 0.3) is 0 Å². The lowest BCUT2D eigenvalue weighted by Gasteiger charge is -2.32. The average Bonchev–Trinajstić information content (AvgIpc) is 2.49. The molecule has 0 aromatic carbocycles. The molecule has 1 saturated carbocycles. The second-order valence-corrected chi connectivity index (χ2v) is 4.26. The van der Waals surface area contributed by atoms with Crippen LogP contribution in [0, 0.1) is 5.92 Å². The minimum atomic E-state index is -4.48. The third-order valence-electron chi connectivity index (χ3n) is 3.26. The first-order valence-corrected chi connectivity index (χ1v) is 5.35. The van der Waals surface area contributed by atoms with Crippen LogP contribution in [0.5, 0.6) is 0 Å². The van der Waals surface area contributed by atoms with E-state index >= 15 is 0 Å². The van der Waals surface area contributed by atoms with Crippen LogP contribution in [0.1, 0.15) is 32.1 Å². The van der Waals surface area contributed by atoms with Gasteiger partial charge in [0.2, 0.25) is 0 Å². The van der Waals surface area contributed by atoms with Crippen LogP contribution in [-0.2, 0) is 0 Å². The van der Waals surface area contributed by atoms with Gasteiger partial charge in [0.05, 0.1) is 0 Å². The summed E-state index contributed by atoms with van der Waals surface area (Å²) in [5.74, 6) is -0.620. The van der Waals surface area contributed by atoms with Crippen LogP contribution >= 0.6 is 0 Å². The first-order valence-electron chi connectivity index (χ1n) is 5.35. The number of hydrogen-bond acceptors (Lipinski definition) is 2. The van der Waals surface area contributed by atoms with E-state index in [0.29, 0.717) is 32.2 Å². The van der Waals surface area contributed by atoms with Gasteiger partial charge in [-0.05, 0) is 51.6 Å². The van der Waals surface area contributed by atoms with Crippen molar-refractivity contribution in [2.75, 3.05) is 13.6 Å². The fourth-order valence-electron chi connectivity index (χ4n) is 2.34. The van der Waals surface area contributed by atoms with E-state index in [1.54, 1.807) is 7.05 Å². The normalized spacial score (nSPS) is 32.2. The highest BCUT2D eigenvalue weighted by Gasteiger charge is 2.59. The zero-order valence-electron chi connectivity index (χ0n) is 8.90. The molecule has 0 radical (unpaired) electrons. The molecule has 0 heterocycles. The van der Waals surface area contributed by atoms with Gasteiger partial charge in [-0.15, -0.1) is 0 Å². The molecule has 0 saturated heterocycles. The Balaban J connectivity index is 2.56. The Hall–Kier alpha value is -0.290. The maximum atomic E-state index is 12.6. The molecule has 15 heavy (non-hydrogen) atoms. The highest BCUT2D eigenvalue weighted by molar-refractivity contribution is 4.97. The Kier molecular flexibility index (Phi) is 4.00. The minimum Gasteiger partial charge on any atom is -0.380 e. The molecular formula is C10H18F3NO. The Morgan fingerprint density at radius 1 is 1.47 bits per heavy atom. The number of nitrogens with one attached hydrogen (secondary N) is 1. The summed E-state index contributed by atoms with van der Waals surface area (Å²) in [6.45, 7) is 0.699. The molecule has 0 aromatic rings. The quantitative estimate of drug-likeness (QED) is 0.718. The largest absolute Gasteiger partial charge is 0.417 e. The summed E-state index contributed by atoms with van der Waals surface area (Å²) in [6.07, 6.45) is -2.54. The van der Waals surface area contributed by atoms with Crippen LogP contribution in [0.4, 0.5) is 13.2 Å². The monoisotopic (exact) mass is 225 g/mol. The zero-order chi connectivity index (χ0) is 11.5. The van der Waals surface area contributed by atoms with Crippen molar-refractivity contribution in [1.82, 2.24) is 5.32 Å². The summed E-state index contributed by atoms with van der Waals surface area (Å²) in [5, 5.41) is 12.5. The summed E-state index contributed by atoms with van der Waals surface area (Å²) in [6, 6.07) is 0. The Morgan fingerprint density at radius 3 is 2.67 bits per heavy atom. The smallest absolute Gasteiger partial charge is 0.380 e. The van der Waals surface area contributed by atoms with Crippen LogP contribution in [0.2, 0.25) is 0 Å². The number of rotatable bonds is 4. The highest BCUT2D eigenvalue weighted by atomic mass is 19.4. The molecular weight excluding hydrogens is 207 g/mol. The lowest BCUT2D eigenvalue weighted by Crippen LogP contribution is -2.48. The average molecular weight is 225 g/mol. The summed E-state index contributed by atoms with van der Waals surface area (Å²) in [5.41, 5.74) is -2.43. The molecule has 2 N–H and O–H groups in total. The molecule has 2 unspecified atom stereocenters. The van der Waals surface area contributed by atoms with E-state index in [1.165, 1.54) is 0 Å². The molecule has 1 rings (SSSR count). The maximum Gasteiger partial charge on any atom is 0.417 e. The Morgan fingerprint density at radius 2 is 2.13 bits per heavy atom. The molecule has 2 atom stereocenters. The summed E-state index contributed by atoms with van der Waals surface area (Å²) >= 11 is 0. The van der Waals surface area contributed by atoms with Gasteiger partial charge in [0, 0.05) is 0 Å². The molecule has 2 nitrogen and oxygen atoms in total. The molecule has 1 aliphatic rings. The highest BCUT2D eigenvalue weighted by Crippen LogP contribution is 2.48. The fourth-order valence-corrected chi connectivity index (χ4v) is 2.34. The summed E-state index contributed by atoms with van der Waals surface area (Å²) in [7, 11) is 1.77. The van der Waals surface area contributed by atoms with Crippen molar-refractivity contribution in [3.8, 4) is 0 Å². The molecule has 0 bridgehead atoms. The number of hydrogen-bond donors (Lipinski definition) is 2. The topological polar surface area (TPSA) is 32.3 Å². The SMILES string of the molecule is CNCCCC1CCCC1(O)C(F)(F)F. The number of halogens is 3. The third kappa shape index (κ3) is 2.64. The molecule has 0 aliphatic heterocycles. The van der Waals surface area contributed by atoms with Crippen LogP contribution < -0.4 is 5.32 Å². The molecule has 0 aromatic heterocycles. The van der Waals surface area contributed by atoms with Gasteiger partial charge in [-0.25, -0.2) is 0 Å². The van der Waals surface area contributed by atoms with Gasteiger partial charge < -0.3 is 10.4 Å². The fraction of sp³-hybridized carbons (Fsp3) is 1.00. The first kappa shape index (κ1) is 12.8. The summed E-state index contributed by atoms with van der Waals surface area (Å²) < 4.78 is 37.9. The van der Waals surface area contributed by atoms with E-state index in [2.05, 4.69) is 5.32 Å². The predicted molar refractivity (Wildman–Crippen MR) is 51.5 cm³/mol. The van der Waals surface area contributed by atoms with Crippen LogP contribution in [-0.4, -0.2) is 30.5 Å². The lowest BCUT2D eigenvalue weighted by atomic mass is 9.86. The van der Waals surface area contributed by atoms with Crippen LogP contribution in [0.3, 0.4) is 0 Å². The molecule has 0 spiro atoms. The standard InChI is InChI=1S/C10H18F3NO/c1-14-7-3-5-8-4-2-6-9(8,15)10(11,12)13/h8,14-15H,2-7H2,1H3. The third-order valence-corrected chi connectivity index (χ3v) is 3.26. The van der Waals surface area contributed by atoms with E-state index in [1.807, 2.05) is 0 Å². The second kappa shape index (κ2) is 4.70. The van der Waals surface area contributed by atoms with Crippen molar-refractivity contribution >= 4 is 0 Å². The number of alkyl halides is 3. The molecule has 0 amide bonds. The van der Waals surface area contributed by atoms with Crippen molar-refractivity contribution in [1.29, 1.82) is 0 Å². The first-order chi connectivity index (χ1) is 6.92. The number of aliphatic hydroxyl groups is 1. The zero-order valence-corrected chi connectivity index (χ0v) is 8.90. The van der Waals surface area contributed by atoms with Crippen LogP contribution in [0.15, 0.2) is 0 Å². The second-order valence-electron chi connectivity index (χ2n) is 4.26. The Bertz CT molecular complexity index is 207. The van der Waals surface area contributed by atoms with E-state index in [4.69, 9.17) is 0 Å². The van der Waals surface area contributed by atoms with Crippen molar-refractivity contribution in [3.63, 3.8) is 0 Å². The van der Waals surface area contributed by atoms with Gasteiger partial charge >= 0.3 is 6.18 Å². The summed E-state index contributed by atoms with van der Waals surface area (Å²) in [4.78, 5) is 0. The van der Waals surface area contributed by atoms with Crippen molar-refractivity contribution in [3.05, 3.63) is 0 Å². The molecule has 5 heteroatoms. The Labute approximate surface area is 87.9 Å². The minimum absolute atomic E-state index is 0.138.